The average molecular weight is 216 g/mol. The summed E-state index contributed by atoms with van der Waals surface area (Å²) in [6, 6.07) is 0. The molecule has 0 aromatic carbocycles. The zero-order valence-corrected chi connectivity index (χ0v) is 9.78. The maximum Gasteiger partial charge on any atom is 0.324 e. The zero-order chi connectivity index (χ0) is 12.5. The van der Waals surface area contributed by atoms with E-state index in [1.165, 1.54) is 18.9 Å². The van der Waals surface area contributed by atoms with Gasteiger partial charge in [0.05, 0.1) is 0 Å². The molecule has 0 amide bonds. The Labute approximate surface area is 90.6 Å². The molecule has 88 valence electrons. The number of carboxylic acid groups (broad SMARTS) is 2. The van der Waals surface area contributed by atoms with Crippen molar-refractivity contribution in [2.24, 2.45) is 5.41 Å². The van der Waals surface area contributed by atoms with Crippen LogP contribution in [0.5, 0.6) is 0 Å². The highest BCUT2D eigenvalue weighted by Gasteiger charge is 2.38. The van der Waals surface area contributed by atoms with E-state index in [0.717, 1.165) is 13.0 Å². The Kier molecular flexibility index (Phi) is 8.63. The standard InChI is InChI=1S/C7H10O4.C4H10/c1-3-4-7(2,5(8)9)6(10)11;1-3-4-2/h3-4H,1-2H3,(H,8,9)(H,10,11);3-4H2,1-2H3/b4-3+;. The topological polar surface area (TPSA) is 74.6 Å². The Hall–Kier alpha value is -1.32. The molecule has 15 heavy (non-hydrogen) atoms. The van der Waals surface area contributed by atoms with Gasteiger partial charge in [0.15, 0.2) is 5.41 Å². The second-order valence-electron chi connectivity index (χ2n) is 3.31. The van der Waals surface area contributed by atoms with Crippen LogP contribution in [0.25, 0.3) is 0 Å². The minimum Gasteiger partial charge on any atom is -0.480 e. The molecule has 0 rings (SSSR count). The average Bonchev–Trinajstić information content (AvgIpc) is 2.18. The van der Waals surface area contributed by atoms with E-state index in [-0.39, 0.29) is 0 Å². The summed E-state index contributed by atoms with van der Waals surface area (Å²) in [5, 5.41) is 17.0. The first-order valence-electron chi connectivity index (χ1n) is 4.97. The molecule has 0 saturated heterocycles. The van der Waals surface area contributed by atoms with Gasteiger partial charge in [-0.25, -0.2) is 0 Å². The van der Waals surface area contributed by atoms with Gasteiger partial charge in [0.2, 0.25) is 0 Å². The van der Waals surface area contributed by atoms with E-state index in [2.05, 4.69) is 13.8 Å². The molecule has 0 unspecified atom stereocenters. The second-order valence-corrected chi connectivity index (χ2v) is 3.31. The Balaban J connectivity index is 0. The number of unbranched alkanes of at least 4 members (excludes halogenated alkanes) is 1. The van der Waals surface area contributed by atoms with Gasteiger partial charge in [-0.05, 0) is 13.8 Å². The first kappa shape index (κ1) is 16.1. The van der Waals surface area contributed by atoms with Crippen LogP contribution in [0.1, 0.15) is 40.5 Å². The molecule has 0 aromatic rings. The zero-order valence-electron chi connectivity index (χ0n) is 9.78. The van der Waals surface area contributed by atoms with Gasteiger partial charge in [-0.3, -0.25) is 9.59 Å². The van der Waals surface area contributed by atoms with E-state index < -0.39 is 17.4 Å². The molecule has 0 radical (unpaired) electrons. The molecule has 4 nitrogen and oxygen atoms in total. The Morgan fingerprint density at radius 3 is 1.53 bits per heavy atom. The third kappa shape index (κ3) is 5.88. The van der Waals surface area contributed by atoms with Crippen molar-refractivity contribution in [1.82, 2.24) is 0 Å². The largest absolute Gasteiger partial charge is 0.480 e. The molecule has 0 bridgehead atoms. The third-order valence-electron chi connectivity index (χ3n) is 1.89. The lowest BCUT2D eigenvalue weighted by Crippen LogP contribution is -2.34. The van der Waals surface area contributed by atoms with E-state index in [1.54, 1.807) is 6.92 Å². The van der Waals surface area contributed by atoms with Gasteiger partial charge < -0.3 is 10.2 Å². The number of carbonyl (C=O) groups is 2. The third-order valence-corrected chi connectivity index (χ3v) is 1.89. The van der Waals surface area contributed by atoms with Crippen molar-refractivity contribution in [2.75, 3.05) is 0 Å². The number of carboxylic acids is 2. The molecule has 0 aliphatic rings. The highest BCUT2D eigenvalue weighted by atomic mass is 16.4. The number of hydrogen-bond donors (Lipinski definition) is 2. The molecule has 0 spiro atoms. The Bertz CT molecular complexity index is 215. The van der Waals surface area contributed by atoms with Gasteiger partial charge in [0.25, 0.3) is 0 Å². The van der Waals surface area contributed by atoms with Crippen molar-refractivity contribution in [3.63, 3.8) is 0 Å². The monoisotopic (exact) mass is 216 g/mol. The quantitative estimate of drug-likeness (QED) is 0.559. The highest BCUT2D eigenvalue weighted by Crippen LogP contribution is 2.18. The summed E-state index contributed by atoms with van der Waals surface area (Å²) in [4.78, 5) is 20.8. The second kappa shape index (κ2) is 8.03. The van der Waals surface area contributed by atoms with Crippen molar-refractivity contribution < 1.29 is 19.8 Å². The fourth-order valence-corrected chi connectivity index (χ4v) is 0.567. The van der Waals surface area contributed by atoms with Crippen LogP contribution in [0, 0.1) is 5.41 Å². The first-order valence-corrected chi connectivity index (χ1v) is 4.97. The van der Waals surface area contributed by atoms with E-state index in [1.807, 2.05) is 0 Å². The van der Waals surface area contributed by atoms with Crippen molar-refractivity contribution in [3.05, 3.63) is 12.2 Å². The predicted octanol–water partition coefficient (Wildman–Crippen LogP) is 2.54. The van der Waals surface area contributed by atoms with Crippen molar-refractivity contribution in [3.8, 4) is 0 Å². The minimum atomic E-state index is -1.80. The lowest BCUT2D eigenvalue weighted by Gasteiger charge is -2.13. The number of rotatable bonds is 4. The summed E-state index contributed by atoms with van der Waals surface area (Å²) in [6.45, 7) is 7.07. The van der Waals surface area contributed by atoms with Gasteiger partial charge in [0.1, 0.15) is 0 Å². The summed E-state index contributed by atoms with van der Waals surface area (Å²) in [6.07, 6.45) is 5.18. The van der Waals surface area contributed by atoms with Gasteiger partial charge in [-0.1, -0.05) is 38.8 Å². The van der Waals surface area contributed by atoms with E-state index in [9.17, 15) is 9.59 Å². The molecular formula is C11H20O4. The molecule has 0 aliphatic carbocycles. The summed E-state index contributed by atoms with van der Waals surface area (Å²) in [5.41, 5.74) is -1.80. The fourth-order valence-electron chi connectivity index (χ4n) is 0.567. The lowest BCUT2D eigenvalue weighted by atomic mass is 9.91. The highest BCUT2D eigenvalue weighted by molar-refractivity contribution is 5.99. The van der Waals surface area contributed by atoms with Crippen LogP contribution in [0.3, 0.4) is 0 Å². The van der Waals surface area contributed by atoms with E-state index in [4.69, 9.17) is 10.2 Å². The Morgan fingerprint density at radius 2 is 1.47 bits per heavy atom. The molecule has 0 atom stereocenters. The minimum absolute atomic E-state index is 1.14. The van der Waals surface area contributed by atoms with Crippen LogP contribution in [-0.4, -0.2) is 22.2 Å². The number of aliphatic carboxylic acids is 2. The molecule has 0 aromatic heterocycles. The molecule has 0 saturated carbocycles. The summed E-state index contributed by atoms with van der Waals surface area (Å²) in [5.74, 6) is -2.72. The molecule has 2 N–H and O–H groups in total. The molecule has 0 heterocycles. The lowest BCUT2D eigenvalue weighted by molar-refractivity contribution is -0.159. The SMILES string of the molecule is C/C=C/C(C)(C(=O)O)C(=O)O.CCCC. The summed E-state index contributed by atoms with van der Waals surface area (Å²) < 4.78 is 0. The smallest absolute Gasteiger partial charge is 0.324 e. The number of allylic oxidation sites excluding steroid dienone is 1. The van der Waals surface area contributed by atoms with Crippen LogP contribution in [0.2, 0.25) is 0 Å². The van der Waals surface area contributed by atoms with Crippen molar-refractivity contribution >= 4 is 11.9 Å². The van der Waals surface area contributed by atoms with Gasteiger partial charge in [0, 0.05) is 0 Å². The van der Waals surface area contributed by atoms with Crippen LogP contribution < -0.4 is 0 Å². The molecule has 0 fully saturated rings. The van der Waals surface area contributed by atoms with Gasteiger partial charge in [-0.2, -0.15) is 0 Å². The summed E-state index contributed by atoms with van der Waals surface area (Å²) in [7, 11) is 0. The molecular weight excluding hydrogens is 196 g/mol. The van der Waals surface area contributed by atoms with Gasteiger partial charge in [-0.15, -0.1) is 0 Å². The maximum atomic E-state index is 10.4. The van der Waals surface area contributed by atoms with Crippen LogP contribution >= 0.6 is 0 Å². The van der Waals surface area contributed by atoms with Crippen LogP contribution in [0.4, 0.5) is 0 Å². The first-order chi connectivity index (χ1) is 6.86. The molecule has 4 heteroatoms. The predicted molar refractivity (Wildman–Crippen MR) is 58.8 cm³/mol. The van der Waals surface area contributed by atoms with E-state index in [0.29, 0.717) is 0 Å². The van der Waals surface area contributed by atoms with Gasteiger partial charge >= 0.3 is 11.9 Å². The van der Waals surface area contributed by atoms with Crippen LogP contribution in [0.15, 0.2) is 12.2 Å². The normalized spacial score (nSPS) is 10.7. The fraction of sp³-hybridized carbons (Fsp3) is 0.636. The van der Waals surface area contributed by atoms with Crippen LogP contribution in [-0.2, 0) is 9.59 Å². The van der Waals surface area contributed by atoms with Crippen molar-refractivity contribution in [1.29, 1.82) is 0 Å². The number of hydrogen-bond acceptors (Lipinski definition) is 2. The molecule has 0 aliphatic heterocycles. The van der Waals surface area contributed by atoms with E-state index >= 15 is 0 Å². The Morgan fingerprint density at radius 1 is 1.13 bits per heavy atom. The van der Waals surface area contributed by atoms with Crippen molar-refractivity contribution in [2.45, 2.75) is 40.5 Å². The maximum absolute atomic E-state index is 10.4. The summed E-state index contributed by atoms with van der Waals surface area (Å²) >= 11 is 0.